The van der Waals surface area contributed by atoms with Gasteiger partial charge in [-0.05, 0) is 55.3 Å². The Balaban J connectivity index is 1.13. The highest BCUT2D eigenvalue weighted by Gasteiger charge is 2.33. The van der Waals surface area contributed by atoms with Crippen molar-refractivity contribution in [1.82, 2.24) is 14.2 Å². The number of sulfonamides is 1. The van der Waals surface area contributed by atoms with Gasteiger partial charge in [-0.1, -0.05) is 48.5 Å². The molecule has 1 N–H and O–H groups in total. The van der Waals surface area contributed by atoms with E-state index in [4.69, 9.17) is 9.15 Å². The van der Waals surface area contributed by atoms with Crippen molar-refractivity contribution in [3.05, 3.63) is 102 Å². The number of oxazole rings is 1. The zero-order valence-corrected chi connectivity index (χ0v) is 23.7. The quantitative estimate of drug-likeness (QED) is 0.282. The predicted molar refractivity (Wildman–Crippen MR) is 154 cm³/mol. The number of nitrogens with zero attached hydrogens (tertiary/aromatic N) is 3. The molecule has 1 atom stereocenters. The zero-order chi connectivity index (χ0) is 28.8. The van der Waals surface area contributed by atoms with Crippen LogP contribution in [-0.2, 0) is 27.7 Å². The molecule has 0 spiro atoms. The maximum absolute atomic E-state index is 12.9. The SMILES string of the molecule is Cc1oc(-c2ccccc2)nc1CCOc1ccc(C[C@@H](C(=O)O)N2CCN(S(=O)(=O)c3ccccc3)CC2)cc1. The first kappa shape index (κ1) is 28.5. The van der Waals surface area contributed by atoms with Crippen LogP contribution in [-0.4, -0.2) is 72.5 Å². The molecule has 0 radical (unpaired) electrons. The minimum Gasteiger partial charge on any atom is -0.493 e. The van der Waals surface area contributed by atoms with Crippen LogP contribution in [0.5, 0.6) is 5.75 Å². The van der Waals surface area contributed by atoms with E-state index < -0.39 is 22.0 Å². The minimum absolute atomic E-state index is 0.242. The molecule has 1 aliphatic heterocycles. The smallest absolute Gasteiger partial charge is 0.321 e. The van der Waals surface area contributed by atoms with Gasteiger partial charge in [-0.15, -0.1) is 0 Å². The van der Waals surface area contributed by atoms with Crippen LogP contribution in [0.2, 0.25) is 0 Å². The van der Waals surface area contributed by atoms with Crippen molar-refractivity contribution >= 4 is 16.0 Å². The maximum atomic E-state index is 12.9. The van der Waals surface area contributed by atoms with Crippen molar-refractivity contribution in [2.24, 2.45) is 0 Å². The number of carbonyl (C=O) groups is 1. The summed E-state index contributed by atoms with van der Waals surface area (Å²) in [6.45, 7) is 3.49. The summed E-state index contributed by atoms with van der Waals surface area (Å²) in [6.07, 6.45) is 0.901. The standard InChI is InChI=1S/C31H33N3O6S/c1-23-28(32-30(40-23)25-8-4-2-5-9-25)16-21-39-26-14-12-24(13-15-26)22-29(31(35)36)33-17-19-34(20-18-33)41(37,38)27-10-6-3-7-11-27/h2-15,29H,16-22H2,1H3,(H,35,36)/t29-/m0/s1. The van der Waals surface area contributed by atoms with Crippen LogP contribution in [0.3, 0.4) is 0 Å². The van der Waals surface area contributed by atoms with Gasteiger partial charge < -0.3 is 14.3 Å². The van der Waals surface area contributed by atoms with Crippen LogP contribution in [0.4, 0.5) is 0 Å². The van der Waals surface area contributed by atoms with Crippen molar-refractivity contribution < 1.29 is 27.5 Å². The van der Waals surface area contributed by atoms with Crippen LogP contribution in [0.1, 0.15) is 17.0 Å². The fourth-order valence-corrected chi connectivity index (χ4v) is 6.39. The Hall–Kier alpha value is -3.99. The summed E-state index contributed by atoms with van der Waals surface area (Å²) in [6, 6.07) is 24.7. The van der Waals surface area contributed by atoms with Gasteiger partial charge >= 0.3 is 5.97 Å². The molecule has 214 valence electrons. The molecule has 4 aromatic rings. The molecule has 0 amide bonds. The highest BCUT2D eigenvalue weighted by atomic mass is 32.2. The van der Waals surface area contributed by atoms with Gasteiger partial charge in [0, 0.05) is 38.2 Å². The van der Waals surface area contributed by atoms with E-state index in [0.717, 1.165) is 22.6 Å². The lowest BCUT2D eigenvalue weighted by molar-refractivity contribution is -0.143. The second-order valence-electron chi connectivity index (χ2n) is 9.94. The number of hydrogen-bond donors (Lipinski definition) is 1. The molecule has 1 aliphatic rings. The molecule has 2 heterocycles. The molecule has 0 unspecified atom stereocenters. The van der Waals surface area contributed by atoms with Gasteiger partial charge in [0.2, 0.25) is 15.9 Å². The minimum atomic E-state index is -3.60. The van der Waals surface area contributed by atoms with Crippen LogP contribution in [0.25, 0.3) is 11.5 Å². The van der Waals surface area contributed by atoms with Gasteiger partial charge in [-0.3, -0.25) is 9.69 Å². The Labute approximate surface area is 240 Å². The van der Waals surface area contributed by atoms with Gasteiger partial charge in [-0.2, -0.15) is 4.31 Å². The molecule has 3 aromatic carbocycles. The first-order valence-electron chi connectivity index (χ1n) is 13.6. The summed E-state index contributed by atoms with van der Waals surface area (Å²) >= 11 is 0. The molecule has 1 saturated heterocycles. The Morgan fingerprint density at radius 1 is 0.951 bits per heavy atom. The average Bonchev–Trinajstić information content (AvgIpc) is 3.37. The fraction of sp³-hybridized carbons (Fsp3) is 0.290. The first-order chi connectivity index (χ1) is 19.8. The summed E-state index contributed by atoms with van der Waals surface area (Å²) < 4.78 is 39.0. The molecule has 0 saturated carbocycles. The number of aryl methyl sites for hydroxylation is 1. The van der Waals surface area contributed by atoms with Gasteiger partial charge in [0.05, 0.1) is 17.2 Å². The van der Waals surface area contributed by atoms with Gasteiger partial charge in [0.1, 0.15) is 17.6 Å². The average molecular weight is 576 g/mol. The van der Waals surface area contributed by atoms with E-state index in [0.29, 0.717) is 44.2 Å². The summed E-state index contributed by atoms with van der Waals surface area (Å²) in [5.41, 5.74) is 2.64. The third kappa shape index (κ3) is 6.84. The summed E-state index contributed by atoms with van der Waals surface area (Å²) in [7, 11) is -3.60. The van der Waals surface area contributed by atoms with Crippen LogP contribution in [0, 0.1) is 6.92 Å². The Bertz CT molecular complexity index is 1550. The molecule has 10 heteroatoms. The Morgan fingerprint density at radius 2 is 1.59 bits per heavy atom. The molecular formula is C31H33N3O6S. The number of carboxylic acid groups (broad SMARTS) is 1. The molecule has 0 bridgehead atoms. The third-order valence-corrected chi connectivity index (χ3v) is 9.17. The van der Waals surface area contributed by atoms with Crippen LogP contribution >= 0.6 is 0 Å². The Morgan fingerprint density at radius 3 is 2.22 bits per heavy atom. The summed E-state index contributed by atoms with van der Waals surface area (Å²) in [5.74, 6) is 1.11. The molecule has 5 rings (SSSR count). The van der Waals surface area contributed by atoms with E-state index in [1.165, 1.54) is 4.31 Å². The highest BCUT2D eigenvalue weighted by molar-refractivity contribution is 7.89. The van der Waals surface area contributed by atoms with E-state index in [2.05, 4.69) is 4.98 Å². The monoisotopic (exact) mass is 575 g/mol. The largest absolute Gasteiger partial charge is 0.493 e. The van der Waals surface area contributed by atoms with Crippen LogP contribution < -0.4 is 4.74 Å². The Kier molecular flexibility index (Phi) is 8.82. The lowest BCUT2D eigenvalue weighted by Gasteiger charge is -2.37. The number of carboxylic acids is 1. The highest BCUT2D eigenvalue weighted by Crippen LogP contribution is 2.23. The number of benzene rings is 3. The van der Waals surface area contributed by atoms with Gasteiger partial charge in [0.15, 0.2) is 0 Å². The molecule has 1 aromatic heterocycles. The molecular weight excluding hydrogens is 542 g/mol. The maximum Gasteiger partial charge on any atom is 0.321 e. The van der Waals surface area contributed by atoms with E-state index in [1.807, 2.05) is 66.4 Å². The van der Waals surface area contributed by atoms with Crippen molar-refractivity contribution in [2.75, 3.05) is 32.8 Å². The number of aliphatic carboxylic acids is 1. The number of hydrogen-bond acceptors (Lipinski definition) is 7. The number of rotatable bonds is 11. The zero-order valence-electron chi connectivity index (χ0n) is 22.8. The molecule has 1 fully saturated rings. The van der Waals surface area contributed by atoms with Crippen molar-refractivity contribution in [3.8, 4) is 17.2 Å². The lowest BCUT2D eigenvalue weighted by Crippen LogP contribution is -2.54. The number of piperazine rings is 1. The normalized spacial score (nSPS) is 15.4. The molecule has 41 heavy (non-hydrogen) atoms. The second kappa shape index (κ2) is 12.7. The third-order valence-electron chi connectivity index (χ3n) is 7.25. The van der Waals surface area contributed by atoms with Gasteiger partial charge in [0.25, 0.3) is 0 Å². The van der Waals surface area contributed by atoms with E-state index in [1.54, 1.807) is 30.3 Å². The van der Waals surface area contributed by atoms with Crippen LogP contribution in [0.15, 0.2) is 94.2 Å². The fourth-order valence-electron chi connectivity index (χ4n) is 4.94. The van der Waals surface area contributed by atoms with Gasteiger partial charge in [-0.25, -0.2) is 13.4 Å². The summed E-state index contributed by atoms with van der Waals surface area (Å²) in [5, 5.41) is 9.95. The number of ether oxygens (including phenoxy) is 1. The topological polar surface area (TPSA) is 113 Å². The summed E-state index contributed by atoms with van der Waals surface area (Å²) in [4.78, 5) is 18.9. The van der Waals surface area contributed by atoms with E-state index in [-0.39, 0.29) is 18.0 Å². The molecule has 9 nitrogen and oxygen atoms in total. The number of aromatic nitrogens is 1. The molecule has 0 aliphatic carbocycles. The lowest BCUT2D eigenvalue weighted by atomic mass is 10.0. The predicted octanol–water partition coefficient (Wildman–Crippen LogP) is 4.27. The van der Waals surface area contributed by atoms with Crippen molar-refractivity contribution in [2.45, 2.75) is 30.7 Å². The van der Waals surface area contributed by atoms with E-state index in [9.17, 15) is 18.3 Å². The first-order valence-corrected chi connectivity index (χ1v) is 15.0. The van der Waals surface area contributed by atoms with E-state index >= 15 is 0 Å². The van der Waals surface area contributed by atoms with Crippen molar-refractivity contribution in [3.63, 3.8) is 0 Å². The second-order valence-corrected chi connectivity index (χ2v) is 11.9. The van der Waals surface area contributed by atoms with Crippen molar-refractivity contribution in [1.29, 1.82) is 0 Å².